The van der Waals surface area contributed by atoms with Gasteiger partial charge in [0.15, 0.2) is 0 Å². The molecule has 4 rings (SSSR count). The van der Waals surface area contributed by atoms with Gasteiger partial charge in [-0.2, -0.15) is 10.2 Å². The minimum atomic E-state index is -0.274. The Balaban J connectivity index is 1.42. The van der Waals surface area contributed by atoms with Crippen molar-refractivity contribution in [3.63, 3.8) is 0 Å². The molecule has 1 saturated heterocycles. The third-order valence-corrected chi connectivity index (χ3v) is 4.53. The number of hydrogen-bond acceptors (Lipinski definition) is 4. The summed E-state index contributed by atoms with van der Waals surface area (Å²) in [5.41, 5.74) is 1.53. The second-order valence-corrected chi connectivity index (χ2v) is 6.55. The molecule has 6 nitrogen and oxygen atoms in total. The van der Waals surface area contributed by atoms with Gasteiger partial charge in [0.2, 0.25) is 0 Å². The van der Waals surface area contributed by atoms with E-state index < -0.39 is 0 Å². The number of para-hydroxylation sites is 1. The van der Waals surface area contributed by atoms with Crippen LogP contribution in [0.3, 0.4) is 0 Å². The highest BCUT2D eigenvalue weighted by atomic mass is 19.1. The first-order valence-electron chi connectivity index (χ1n) is 8.88. The monoisotopic (exact) mass is 355 g/mol. The molecule has 26 heavy (non-hydrogen) atoms. The molecule has 7 heteroatoms. The lowest BCUT2D eigenvalue weighted by Crippen LogP contribution is -2.34. The number of halogens is 1. The van der Waals surface area contributed by atoms with Crippen LogP contribution in [-0.4, -0.2) is 50.3 Å². The quantitative estimate of drug-likeness (QED) is 0.706. The Labute approximate surface area is 151 Å². The molecule has 1 aromatic carbocycles. The maximum atomic E-state index is 13.9. The lowest BCUT2D eigenvalue weighted by molar-refractivity contribution is 0.0391. The topological polar surface area (TPSA) is 48.1 Å². The molecule has 0 spiro atoms. The Morgan fingerprint density at radius 3 is 2.96 bits per heavy atom. The first-order chi connectivity index (χ1) is 12.8. The lowest BCUT2D eigenvalue weighted by Gasteiger charge is -2.23. The molecular weight excluding hydrogens is 333 g/mol. The van der Waals surface area contributed by atoms with Crippen LogP contribution in [0.4, 0.5) is 4.39 Å². The van der Waals surface area contributed by atoms with E-state index in [4.69, 9.17) is 4.74 Å². The van der Waals surface area contributed by atoms with Gasteiger partial charge in [0.25, 0.3) is 0 Å². The first-order valence-corrected chi connectivity index (χ1v) is 8.88. The summed E-state index contributed by atoms with van der Waals surface area (Å²) in [4.78, 5) is 2.36. The average Bonchev–Trinajstić information content (AvgIpc) is 3.26. The highest BCUT2D eigenvalue weighted by Crippen LogP contribution is 2.15. The van der Waals surface area contributed by atoms with Crippen molar-refractivity contribution in [1.29, 1.82) is 0 Å². The molecule has 0 amide bonds. The standard InChI is InChI=1S/C19H22FN5O/c20-18-5-1-2-6-19(18)25-13-16(11-22-25)12-23-8-4-10-26-17(14-23)15-24-9-3-7-21-24/h1-3,5-7,9,11,13,17H,4,8,10,12,14-15H2/t17-/m0/s1. The summed E-state index contributed by atoms with van der Waals surface area (Å²) in [5, 5.41) is 8.59. The molecule has 136 valence electrons. The summed E-state index contributed by atoms with van der Waals surface area (Å²) < 4.78 is 23.4. The molecule has 0 N–H and O–H groups in total. The lowest BCUT2D eigenvalue weighted by atomic mass is 10.2. The summed E-state index contributed by atoms with van der Waals surface area (Å²) in [6.07, 6.45) is 8.55. The van der Waals surface area contributed by atoms with Crippen LogP contribution in [0.5, 0.6) is 0 Å². The van der Waals surface area contributed by atoms with Crippen molar-refractivity contribution in [3.8, 4) is 5.69 Å². The molecule has 0 saturated carbocycles. The third kappa shape index (κ3) is 4.00. The number of hydrogen-bond donors (Lipinski definition) is 0. The predicted octanol–water partition coefficient (Wildman–Crippen LogP) is 2.50. The summed E-state index contributed by atoms with van der Waals surface area (Å²) in [6.45, 7) is 4.09. The molecule has 0 bridgehead atoms. The Morgan fingerprint density at radius 1 is 1.19 bits per heavy atom. The number of benzene rings is 1. The minimum absolute atomic E-state index is 0.110. The van der Waals surface area contributed by atoms with Crippen LogP contribution >= 0.6 is 0 Å². The van der Waals surface area contributed by atoms with E-state index >= 15 is 0 Å². The summed E-state index contributed by atoms with van der Waals surface area (Å²) in [7, 11) is 0. The van der Waals surface area contributed by atoms with Crippen LogP contribution in [0, 0.1) is 5.82 Å². The second-order valence-electron chi connectivity index (χ2n) is 6.55. The van der Waals surface area contributed by atoms with Gasteiger partial charge >= 0.3 is 0 Å². The molecule has 0 unspecified atom stereocenters. The van der Waals surface area contributed by atoms with Crippen molar-refractivity contribution in [2.24, 2.45) is 0 Å². The van der Waals surface area contributed by atoms with Crippen LogP contribution < -0.4 is 0 Å². The Kier molecular flexibility index (Phi) is 5.08. The van der Waals surface area contributed by atoms with Crippen LogP contribution in [0.15, 0.2) is 55.1 Å². The molecule has 1 fully saturated rings. The molecular formula is C19H22FN5O. The molecule has 0 aliphatic carbocycles. The van der Waals surface area contributed by atoms with E-state index in [9.17, 15) is 4.39 Å². The number of nitrogens with zero attached hydrogens (tertiary/aromatic N) is 5. The summed E-state index contributed by atoms with van der Waals surface area (Å²) in [6, 6.07) is 8.59. The Hall–Kier alpha value is -2.51. The summed E-state index contributed by atoms with van der Waals surface area (Å²) in [5.74, 6) is -0.274. The van der Waals surface area contributed by atoms with Gasteiger partial charge in [-0.15, -0.1) is 0 Å². The molecule has 3 aromatic rings. The Morgan fingerprint density at radius 2 is 2.12 bits per heavy atom. The van der Waals surface area contributed by atoms with Gasteiger partial charge in [0.1, 0.15) is 11.5 Å². The van der Waals surface area contributed by atoms with E-state index in [1.165, 1.54) is 6.07 Å². The van der Waals surface area contributed by atoms with Crippen LogP contribution in [0.25, 0.3) is 5.69 Å². The first kappa shape index (κ1) is 16.9. The van der Waals surface area contributed by atoms with Gasteiger partial charge in [0.05, 0.1) is 18.8 Å². The van der Waals surface area contributed by atoms with Crippen LogP contribution in [-0.2, 0) is 17.8 Å². The second kappa shape index (κ2) is 7.80. The van der Waals surface area contributed by atoms with Gasteiger partial charge in [0, 0.05) is 50.4 Å². The normalized spacial score (nSPS) is 18.7. The van der Waals surface area contributed by atoms with E-state index in [0.29, 0.717) is 5.69 Å². The number of ether oxygens (including phenoxy) is 1. The molecule has 3 heterocycles. The Bertz CT molecular complexity index is 832. The molecule has 1 aliphatic heterocycles. The van der Waals surface area contributed by atoms with Crippen molar-refractivity contribution in [1.82, 2.24) is 24.5 Å². The molecule has 0 radical (unpaired) electrons. The van der Waals surface area contributed by atoms with Crippen molar-refractivity contribution in [2.45, 2.75) is 25.6 Å². The fraction of sp³-hybridized carbons (Fsp3) is 0.368. The van der Waals surface area contributed by atoms with E-state index in [-0.39, 0.29) is 11.9 Å². The highest BCUT2D eigenvalue weighted by molar-refractivity contribution is 5.32. The van der Waals surface area contributed by atoms with Crippen molar-refractivity contribution < 1.29 is 9.13 Å². The SMILES string of the molecule is Fc1ccccc1-n1cc(CN2CCCO[C@H](Cn3cccn3)C2)cn1. The van der Waals surface area contributed by atoms with Gasteiger partial charge in [-0.05, 0) is 24.6 Å². The zero-order chi connectivity index (χ0) is 17.8. The van der Waals surface area contributed by atoms with Crippen LogP contribution in [0.2, 0.25) is 0 Å². The van der Waals surface area contributed by atoms with E-state index in [2.05, 4.69) is 15.1 Å². The van der Waals surface area contributed by atoms with Gasteiger partial charge in [-0.1, -0.05) is 12.1 Å². The maximum Gasteiger partial charge on any atom is 0.148 e. The zero-order valence-corrected chi connectivity index (χ0v) is 14.5. The van der Waals surface area contributed by atoms with E-state index in [0.717, 1.165) is 44.8 Å². The minimum Gasteiger partial charge on any atom is -0.375 e. The fourth-order valence-corrected chi connectivity index (χ4v) is 3.31. The number of aromatic nitrogens is 4. The third-order valence-electron chi connectivity index (χ3n) is 4.53. The van der Waals surface area contributed by atoms with Crippen molar-refractivity contribution >= 4 is 0 Å². The van der Waals surface area contributed by atoms with E-state index in [1.54, 1.807) is 29.2 Å². The molecule has 1 atom stereocenters. The molecule has 2 aromatic heterocycles. The van der Waals surface area contributed by atoms with E-state index in [1.807, 2.05) is 29.2 Å². The smallest absolute Gasteiger partial charge is 0.148 e. The maximum absolute atomic E-state index is 13.9. The van der Waals surface area contributed by atoms with Crippen LogP contribution in [0.1, 0.15) is 12.0 Å². The average molecular weight is 355 g/mol. The predicted molar refractivity (Wildman–Crippen MR) is 95.4 cm³/mol. The summed E-state index contributed by atoms with van der Waals surface area (Å²) >= 11 is 0. The van der Waals surface area contributed by atoms with Gasteiger partial charge < -0.3 is 4.74 Å². The van der Waals surface area contributed by atoms with Crippen molar-refractivity contribution in [3.05, 3.63) is 66.5 Å². The number of rotatable bonds is 5. The fourth-order valence-electron chi connectivity index (χ4n) is 3.31. The van der Waals surface area contributed by atoms with Crippen molar-refractivity contribution in [2.75, 3.05) is 19.7 Å². The van der Waals surface area contributed by atoms with Gasteiger partial charge in [-0.25, -0.2) is 9.07 Å². The highest BCUT2D eigenvalue weighted by Gasteiger charge is 2.20. The van der Waals surface area contributed by atoms with Gasteiger partial charge in [-0.3, -0.25) is 9.58 Å². The zero-order valence-electron chi connectivity index (χ0n) is 14.5. The molecule has 1 aliphatic rings. The largest absolute Gasteiger partial charge is 0.375 e.